The fraction of sp³-hybridized carbons (Fsp3) is 0.600. The van der Waals surface area contributed by atoms with Crippen molar-refractivity contribution in [3.8, 4) is 0 Å². The molecule has 0 saturated heterocycles. The zero-order valence-electron chi connectivity index (χ0n) is 10.6. The topological polar surface area (TPSA) is 46.2 Å². The Labute approximate surface area is 104 Å². The van der Waals surface area contributed by atoms with Crippen LogP contribution in [0.3, 0.4) is 0 Å². The zero-order chi connectivity index (χ0) is 12.3. The van der Waals surface area contributed by atoms with Gasteiger partial charge in [0, 0.05) is 5.69 Å². The summed E-state index contributed by atoms with van der Waals surface area (Å²) in [6, 6.07) is 7.68. The van der Waals surface area contributed by atoms with E-state index in [9.17, 15) is 5.11 Å². The highest BCUT2D eigenvalue weighted by Gasteiger charge is 2.27. The number of aliphatic hydroxyl groups excluding tert-OH is 1. The summed E-state index contributed by atoms with van der Waals surface area (Å²) in [4.78, 5) is 0. The van der Waals surface area contributed by atoms with E-state index >= 15 is 0 Å². The maximum absolute atomic E-state index is 10.4. The van der Waals surface area contributed by atoms with Crippen molar-refractivity contribution in [3.05, 3.63) is 29.8 Å². The number of hydrogen-bond acceptors (Lipinski definition) is 2. The molecule has 0 radical (unpaired) electrons. The summed E-state index contributed by atoms with van der Waals surface area (Å²) in [5.41, 5.74) is 7.49. The lowest BCUT2D eigenvalue weighted by Crippen LogP contribution is -2.21. The second-order valence-electron chi connectivity index (χ2n) is 5.32. The van der Waals surface area contributed by atoms with E-state index in [0.717, 1.165) is 30.0 Å². The standard InChI is InChI=1S/C15H23NO/c1-2-11-5-3-6-12(9-11)15(17)13-7-4-8-14(16)10-13/h4,7-8,10-12,15,17H,2-3,5-6,9,16H2,1H3. The van der Waals surface area contributed by atoms with Crippen molar-refractivity contribution in [1.29, 1.82) is 0 Å². The maximum Gasteiger partial charge on any atom is 0.0819 e. The lowest BCUT2D eigenvalue weighted by atomic mass is 9.76. The Bertz CT molecular complexity index is 364. The van der Waals surface area contributed by atoms with Gasteiger partial charge in [0.2, 0.25) is 0 Å². The molecule has 1 aromatic rings. The molecule has 0 spiro atoms. The highest BCUT2D eigenvalue weighted by atomic mass is 16.3. The van der Waals surface area contributed by atoms with Crippen LogP contribution in [0.25, 0.3) is 0 Å². The van der Waals surface area contributed by atoms with Gasteiger partial charge in [-0.25, -0.2) is 0 Å². The third-order valence-corrected chi connectivity index (χ3v) is 4.10. The quantitative estimate of drug-likeness (QED) is 0.785. The van der Waals surface area contributed by atoms with Gasteiger partial charge in [-0.3, -0.25) is 0 Å². The van der Waals surface area contributed by atoms with Gasteiger partial charge >= 0.3 is 0 Å². The Morgan fingerprint density at radius 1 is 1.41 bits per heavy atom. The van der Waals surface area contributed by atoms with Crippen molar-refractivity contribution < 1.29 is 5.11 Å². The van der Waals surface area contributed by atoms with Crippen LogP contribution in [0.15, 0.2) is 24.3 Å². The molecule has 0 bridgehead atoms. The van der Waals surface area contributed by atoms with Gasteiger partial charge in [0.1, 0.15) is 0 Å². The molecule has 0 aromatic heterocycles. The van der Waals surface area contributed by atoms with Gasteiger partial charge in [-0.1, -0.05) is 38.3 Å². The van der Waals surface area contributed by atoms with Crippen LogP contribution < -0.4 is 5.73 Å². The van der Waals surface area contributed by atoms with Crippen molar-refractivity contribution in [1.82, 2.24) is 0 Å². The largest absolute Gasteiger partial charge is 0.399 e. The minimum atomic E-state index is -0.340. The van der Waals surface area contributed by atoms with E-state index in [-0.39, 0.29) is 6.10 Å². The van der Waals surface area contributed by atoms with E-state index in [1.807, 2.05) is 24.3 Å². The summed E-state index contributed by atoms with van der Waals surface area (Å²) in [5.74, 6) is 1.21. The fourth-order valence-electron chi connectivity index (χ4n) is 3.01. The van der Waals surface area contributed by atoms with E-state index in [2.05, 4.69) is 6.92 Å². The number of benzene rings is 1. The first-order chi connectivity index (χ1) is 8.20. The van der Waals surface area contributed by atoms with Gasteiger partial charge < -0.3 is 10.8 Å². The van der Waals surface area contributed by atoms with Gasteiger partial charge in [-0.05, 0) is 42.4 Å². The molecule has 1 aliphatic rings. The van der Waals surface area contributed by atoms with Crippen LogP contribution in [0.1, 0.15) is 50.7 Å². The van der Waals surface area contributed by atoms with Crippen LogP contribution in [0, 0.1) is 11.8 Å². The van der Waals surface area contributed by atoms with E-state index < -0.39 is 0 Å². The molecule has 2 nitrogen and oxygen atoms in total. The number of nitrogen functional groups attached to an aromatic ring is 1. The van der Waals surface area contributed by atoms with E-state index in [4.69, 9.17) is 5.73 Å². The minimum Gasteiger partial charge on any atom is -0.399 e. The lowest BCUT2D eigenvalue weighted by molar-refractivity contribution is 0.0678. The zero-order valence-corrected chi connectivity index (χ0v) is 10.6. The van der Waals surface area contributed by atoms with Crippen LogP contribution in [0.5, 0.6) is 0 Å². The molecule has 1 aliphatic carbocycles. The molecule has 0 amide bonds. The summed E-state index contributed by atoms with van der Waals surface area (Å²) in [6.45, 7) is 2.25. The summed E-state index contributed by atoms with van der Waals surface area (Å²) < 4.78 is 0. The SMILES string of the molecule is CCC1CCCC(C(O)c2cccc(N)c2)C1. The van der Waals surface area contributed by atoms with Crippen LogP contribution in [-0.2, 0) is 0 Å². The molecule has 17 heavy (non-hydrogen) atoms. The molecule has 3 atom stereocenters. The number of hydrogen-bond donors (Lipinski definition) is 2. The number of aliphatic hydroxyl groups is 1. The first-order valence-corrected chi connectivity index (χ1v) is 6.74. The first-order valence-electron chi connectivity index (χ1n) is 6.74. The Morgan fingerprint density at radius 2 is 2.24 bits per heavy atom. The molecule has 1 saturated carbocycles. The first kappa shape index (κ1) is 12.4. The van der Waals surface area contributed by atoms with Crippen LogP contribution in [-0.4, -0.2) is 5.11 Å². The summed E-state index contributed by atoms with van der Waals surface area (Å²) in [7, 11) is 0. The normalized spacial score (nSPS) is 26.7. The van der Waals surface area contributed by atoms with Gasteiger partial charge in [0.25, 0.3) is 0 Å². The molecular weight excluding hydrogens is 210 g/mol. The van der Waals surface area contributed by atoms with E-state index in [1.165, 1.54) is 19.3 Å². The Kier molecular flexibility index (Phi) is 4.06. The van der Waals surface area contributed by atoms with Crippen LogP contribution in [0.2, 0.25) is 0 Å². The van der Waals surface area contributed by atoms with Crippen molar-refractivity contribution in [3.63, 3.8) is 0 Å². The number of nitrogens with two attached hydrogens (primary N) is 1. The monoisotopic (exact) mass is 233 g/mol. The van der Waals surface area contributed by atoms with Gasteiger partial charge in [0.05, 0.1) is 6.10 Å². The van der Waals surface area contributed by atoms with Crippen LogP contribution >= 0.6 is 0 Å². The average Bonchev–Trinajstić information content (AvgIpc) is 2.38. The van der Waals surface area contributed by atoms with Gasteiger partial charge in [0.15, 0.2) is 0 Å². The maximum atomic E-state index is 10.4. The second-order valence-corrected chi connectivity index (χ2v) is 5.32. The van der Waals surface area contributed by atoms with Crippen molar-refractivity contribution in [2.24, 2.45) is 11.8 Å². The highest BCUT2D eigenvalue weighted by molar-refractivity contribution is 5.41. The van der Waals surface area contributed by atoms with Crippen molar-refractivity contribution in [2.45, 2.75) is 45.1 Å². The second kappa shape index (κ2) is 5.54. The smallest absolute Gasteiger partial charge is 0.0819 e. The molecular formula is C15H23NO. The van der Waals surface area contributed by atoms with Gasteiger partial charge in [-0.15, -0.1) is 0 Å². The molecule has 94 valence electrons. The molecule has 2 heteroatoms. The van der Waals surface area contributed by atoms with E-state index in [1.54, 1.807) is 0 Å². The fourth-order valence-corrected chi connectivity index (χ4v) is 3.01. The Balaban J connectivity index is 2.06. The summed E-state index contributed by atoms with van der Waals surface area (Å²) in [5, 5.41) is 10.4. The third kappa shape index (κ3) is 3.01. The van der Waals surface area contributed by atoms with Gasteiger partial charge in [-0.2, -0.15) is 0 Å². The van der Waals surface area contributed by atoms with Crippen molar-refractivity contribution in [2.75, 3.05) is 5.73 Å². The predicted molar refractivity (Wildman–Crippen MR) is 71.6 cm³/mol. The highest BCUT2D eigenvalue weighted by Crippen LogP contribution is 2.38. The molecule has 3 N–H and O–H groups in total. The molecule has 0 aliphatic heterocycles. The summed E-state index contributed by atoms with van der Waals surface area (Å²) in [6.07, 6.45) is 5.78. The number of anilines is 1. The molecule has 1 aromatic carbocycles. The molecule has 1 fully saturated rings. The number of rotatable bonds is 3. The molecule has 0 heterocycles. The Hall–Kier alpha value is -1.02. The lowest BCUT2D eigenvalue weighted by Gasteiger charge is -2.32. The average molecular weight is 233 g/mol. The minimum absolute atomic E-state index is 0.340. The Morgan fingerprint density at radius 3 is 2.94 bits per heavy atom. The molecule has 2 rings (SSSR count). The summed E-state index contributed by atoms with van der Waals surface area (Å²) >= 11 is 0. The van der Waals surface area contributed by atoms with Crippen molar-refractivity contribution >= 4 is 5.69 Å². The van der Waals surface area contributed by atoms with E-state index in [0.29, 0.717) is 5.92 Å². The molecule has 3 unspecified atom stereocenters. The predicted octanol–water partition coefficient (Wildman–Crippen LogP) is 3.52. The van der Waals surface area contributed by atoms with Crippen LogP contribution in [0.4, 0.5) is 5.69 Å². The third-order valence-electron chi connectivity index (χ3n) is 4.10.